The van der Waals surface area contributed by atoms with Crippen LogP contribution in [0.2, 0.25) is 0 Å². The molecule has 1 aliphatic rings. The number of anilines is 2. The Bertz CT molecular complexity index is 739. The number of aromatic nitrogens is 1. The van der Waals surface area contributed by atoms with Gasteiger partial charge < -0.3 is 4.90 Å². The van der Waals surface area contributed by atoms with Gasteiger partial charge in [0.25, 0.3) is 10.0 Å². The molecular weight excluding hydrogens is 366 g/mol. The van der Waals surface area contributed by atoms with Gasteiger partial charge in [0.05, 0.1) is 16.8 Å². The van der Waals surface area contributed by atoms with Gasteiger partial charge in [0.2, 0.25) is 0 Å². The maximum Gasteiger partial charge on any atom is 0.263 e. The van der Waals surface area contributed by atoms with Crippen LogP contribution in [-0.4, -0.2) is 26.5 Å². The predicted molar refractivity (Wildman–Crippen MR) is 90.6 cm³/mol. The summed E-state index contributed by atoms with van der Waals surface area (Å²) < 4.78 is 27.9. The SMILES string of the molecule is O=S(=O)(Nc1ccc(N2CCCC2)cn1)c1ccc(Br)cc1. The lowest BCUT2D eigenvalue weighted by Gasteiger charge is -2.17. The molecule has 0 aliphatic carbocycles. The van der Waals surface area contributed by atoms with E-state index in [2.05, 4.69) is 30.5 Å². The van der Waals surface area contributed by atoms with Crippen LogP contribution in [-0.2, 0) is 10.0 Å². The quantitative estimate of drug-likeness (QED) is 0.882. The van der Waals surface area contributed by atoms with E-state index >= 15 is 0 Å². The Hall–Kier alpha value is -1.60. The van der Waals surface area contributed by atoms with Gasteiger partial charge in [-0.2, -0.15) is 0 Å². The Balaban J connectivity index is 1.75. The molecule has 3 rings (SSSR count). The Morgan fingerprint density at radius 3 is 2.32 bits per heavy atom. The summed E-state index contributed by atoms with van der Waals surface area (Å²) in [6.07, 6.45) is 4.10. The number of pyridine rings is 1. The molecule has 0 saturated carbocycles. The minimum Gasteiger partial charge on any atom is -0.370 e. The van der Waals surface area contributed by atoms with Crippen molar-refractivity contribution in [3.63, 3.8) is 0 Å². The summed E-state index contributed by atoms with van der Waals surface area (Å²) in [6.45, 7) is 2.07. The fraction of sp³-hybridized carbons (Fsp3) is 0.267. The molecule has 1 saturated heterocycles. The number of hydrogen-bond donors (Lipinski definition) is 1. The molecule has 1 aromatic heterocycles. The summed E-state index contributed by atoms with van der Waals surface area (Å²) in [4.78, 5) is 6.67. The van der Waals surface area contributed by atoms with Crippen molar-refractivity contribution in [3.8, 4) is 0 Å². The van der Waals surface area contributed by atoms with Crippen LogP contribution >= 0.6 is 15.9 Å². The number of sulfonamides is 1. The van der Waals surface area contributed by atoms with Crippen LogP contribution < -0.4 is 9.62 Å². The highest BCUT2D eigenvalue weighted by atomic mass is 79.9. The van der Waals surface area contributed by atoms with Crippen LogP contribution in [0.1, 0.15) is 12.8 Å². The van der Waals surface area contributed by atoms with Gasteiger partial charge in [0, 0.05) is 17.6 Å². The Morgan fingerprint density at radius 1 is 1.05 bits per heavy atom. The van der Waals surface area contributed by atoms with Gasteiger partial charge in [-0.1, -0.05) is 15.9 Å². The van der Waals surface area contributed by atoms with Gasteiger partial charge in [0.15, 0.2) is 0 Å². The number of nitrogens with one attached hydrogen (secondary N) is 1. The maximum absolute atomic E-state index is 12.3. The van der Waals surface area contributed by atoms with Crippen molar-refractivity contribution < 1.29 is 8.42 Å². The first-order chi connectivity index (χ1) is 10.5. The van der Waals surface area contributed by atoms with Crippen molar-refractivity contribution >= 4 is 37.5 Å². The first kappa shape index (κ1) is 15.3. The molecule has 2 aromatic rings. The summed E-state index contributed by atoms with van der Waals surface area (Å²) in [5.41, 5.74) is 1.03. The molecule has 0 amide bonds. The zero-order valence-corrected chi connectivity index (χ0v) is 14.3. The zero-order valence-electron chi connectivity index (χ0n) is 11.9. The smallest absolute Gasteiger partial charge is 0.263 e. The summed E-state index contributed by atoms with van der Waals surface area (Å²) in [6, 6.07) is 10.1. The molecule has 0 unspecified atom stereocenters. The molecule has 2 heterocycles. The number of halogens is 1. The summed E-state index contributed by atoms with van der Waals surface area (Å²) in [5, 5.41) is 0. The monoisotopic (exact) mass is 381 g/mol. The fourth-order valence-corrected chi connectivity index (χ4v) is 3.69. The molecular formula is C15H16BrN3O2S. The minimum absolute atomic E-state index is 0.209. The molecule has 0 spiro atoms. The predicted octanol–water partition coefficient (Wildman–Crippen LogP) is 3.25. The van der Waals surface area contributed by atoms with Gasteiger partial charge in [-0.05, 0) is 49.2 Å². The molecule has 0 atom stereocenters. The summed E-state index contributed by atoms with van der Waals surface area (Å²) in [5.74, 6) is 0.325. The van der Waals surface area contributed by atoms with Crippen molar-refractivity contribution in [2.75, 3.05) is 22.7 Å². The average Bonchev–Trinajstić information content (AvgIpc) is 3.02. The number of benzene rings is 1. The van der Waals surface area contributed by atoms with Crippen LogP contribution in [0.25, 0.3) is 0 Å². The molecule has 1 N–H and O–H groups in total. The summed E-state index contributed by atoms with van der Waals surface area (Å²) in [7, 11) is -3.61. The third-order valence-electron chi connectivity index (χ3n) is 3.58. The van der Waals surface area contributed by atoms with Gasteiger partial charge in [-0.3, -0.25) is 4.72 Å². The first-order valence-electron chi connectivity index (χ1n) is 7.04. The van der Waals surface area contributed by atoms with E-state index in [1.807, 2.05) is 6.07 Å². The van der Waals surface area contributed by atoms with E-state index < -0.39 is 10.0 Å². The molecule has 0 bridgehead atoms. The molecule has 22 heavy (non-hydrogen) atoms. The largest absolute Gasteiger partial charge is 0.370 e. The summed E-state index contributed by atoms with van der Waals surface area (Å²) >= 11 is 3.29. The second-order valence-electron chi connectivity index (χ2n) is 5.16. The van der Waals surface area contributed by atoms with E-state index in [-0.39, 0.29) is 4.90 Å². The highest BCUT2D eigenvalue weighted by Gasteiger charge is 2.16. The van der Waals surface area contributed by atoms with Gasteiger partial charge in [-0.25, -0.2) is 13.4 Å². The topological polar surface area (TPSA) is 62.3 Å². The van der Waals surface area contributed by atoms with E-state index in [1.165, 1.54) is 12.8 Å². The Labute approximate surface area is 138 Å². The van der Waals surface area contributed by atoms with E-state index in [0.717, 1.165) is 23.2 Å². The zero-order chi connectivity index (χ0) is 15.6. The van der Waals surface area contributed by atoms with Gasteiger partial charge in [-0.15, -0.1) is 0 Å². The molecule has 1 aliphatic heterocycles. The second kappa shape index (κ2) is 6.26. The Kier molecular flexibility index (Phi) is 4.35. The minimum atomic E-state index is -3.61. The van der Waals surface area contributed by atoms with E-state index in [1.54, 1.807) is 36.5 Å². The third-order valence-corrected chi connectivity index (χ3v) is 5.48. The van der Waals surface area contributed by atoms with Crippen molar-refractivity contribution in [2.45, 2.75) is 17.7 Å². The first-order valence-corrected chi connectivity index (χ1v) is 9.32. The van der Waals surface area contributed by atoms with Gasteiger partial charge in [0.1, 0.15) is 5.82 Å². The van der Waals surface area contributed by atoms with E-state index in [0.29, 0.717) is 5.82 Å². The molecule has 116 valence electrons. The van der Waals surface area contributed by atoms with Crippen LogP contribution in [0.5, 0.6) is 0 Å². The van der Waals surface area contributed by atoms with Crippen LogP contribution in [0, 0.1) is 0 Å². The molecule has 0 radical (unpaired) electrons. The fourth-order valence-electron chi connectivity index (χ4n) is 2.42. The third kappa shape index (κ3) is 3.41. The number of hydrogen-bond acceptors (Lipinski definition) is 4. The van der Waals surface area contributed by atoms with E-state index in [9.17, 15) is 8.42 Å². The van der Waals surface area contributed by atoms with E-state index in [4.69, 9.17) is 0 Å². The lowest BCUT2D eigenvalue weighted by atomic mass is 10.4. The highest BCUT2D eigenvalue weighted by molar-refractivity contribution is 9.10. The van der Waals surface area contributed by atoms with Crippen molar-refractivity contribution in [1.82, 2.24) is 4.98 Å². The van der Waals surface area contributed by atoms with Crippen LogP contribution in [0.15, 0.2) is 52.0 Å². The number of nitrogens with zero attached hydrogens (tertiary/aromatic N) is 2. The lowest BCUT2D eigenvalue weighted by Crippen LogP contribution is -2.18. The molecule has 1 fully saturated rings. The second-order valence-corrected chi connectivity index (χ2v) is 7.75. The van der Waals surface area contributed by atoms with Crippen LogP contribution in [0.4, 0.5) is 11.5 Å². The van der Waals surface area contributed by atoms with Gasteiger partial charge >= 0.3 is 0 Å². The standard InChI is InChI=1S/C15H16BrN3O2S/c16-12-3-6-14(7-4-12)22(20,21)18-15-8-5-13(11-17-15)19-9-1-2-10-19/h3-8,11H,1-2,9-10H2,(H,17,18). The molecule has 5 nitrogen and oxygen atoms in total. The lowest BCUT2D eigenvalue weighted by molar-refractivity contribution is 0.601. The van der Waals surface area contributed by atoms with Crippen molar-refractivity contribution in [3.05, 3.63) is 47.1 Å². The molecule has 1 aromatic carbocycles. The normalized spacial score (nSPS) is 15.0. The highest BCUT2D eigenvalue weighted by Crippen LogP contribution is 2.22. The molecule has 7 heteroatoms. The maximum atomic E-state index is 12.3. The Morgan fingerprint density at radius 2 is 1.73 bits per heavy atom. The number of rotatable bonds is 4. The average molecular weight is 382 g/mol. The van der Waals surface area contributed by atoms with Crippen molar-refractivity contribution in [2.24, 2.45) is 0 Å². The van der Waals surface area contributed by atoms with Crippen LogP contribution in [0.3, 0.4) is 0 Å². The van der Waals surface area contributed by atoms with Crippen molar-refractivity contribution in [1.29, 1.82) is 0 Å².